The molecule has 0 aromatic carbocycles. The van der Waals surface area contributed by atoms with E-state index in [0.717, 1.165) is 18.8 Å². The van der Waals surface area contributed by atoms with Crippen LogP contribution in [0.2, 0.25) is 5.02 Å². The van der Waals surface area contributed by atoms with Gasteiger partial charge in [-0.3, -0.25) is 4.79 Å². The number of halogens is 1. The summed E-state index contributed by atoms with van der Waals surface area (Å²) in [6.07, 6.45) is 6.30. The zero-order valence-electron chi connectivity index (χ0n) is 12.1. The van der Waals surface area contributed by atoms with Crippen LogP contribution in [0.3, 0.4) is 0 Å². The van der Waals surface area contributed by atoms with Gasteiger partial charge >= 0.3 is 0 Å². The summed E-state index contributed by atoms with van der Waals surface area (Å²) in [7, 11) is 1.59. The summed E-state index contributed by atoms with van der Waals surface area (Å²) >= 11 is 6.15. The lowest BCUT2D eigenvalue weighted by Gasteiger charge is -2.27. The first-order valence-electron chi connectivity index (χ1n) is 7.13. The second kappa shape index (κ2) is 7.09. The van der Waals surface area contributed by atoms with Gasteiger partial charge in [-0.15, -0.1) is 0 Å². The van der Waals surface area contributed by atoms with Crippen LogP contribution in [0, 0.1) is 5.92 Å². The average Bonchev–Trinajstić information content (AvgIpc) is 2.45. The molecule has 112 valence electrons. The molecule has 20 heavy (non-hydrogen) atoms. The van der Waals surface area contributed by atoms with Gasteiger partial charge in [0.2, 0.25) is 0 Å². The fourth-order valence-electron chi connectivity index (χ4n) is 2.53. The van der Waals surface area contributed by atoms with Gasteiger partial charge in [0.15, 0.2) is 0 Å². The lowest BCUT2D eigenvalue weighted by Crippen LogP contribution is -2.29. The van der Waals surface area contributed by atoms with Gasteiger partial charge in [-0.05, 0) is 31.6 Å². The lowest BCUT2D eigenvalue weighted by molar-refractivity contribution is 0.182. The second-order valence-electron chi connectivity index (χ2n) is 5.49. The van der Waals surface area contributed by atoms with E-state index in [4.69, 9.17) is 16.3 Å². The van der Waals surface area contributed by atoms with Crippen molar-refractivity contribution in [2.75, 3.05) is 19.0 Å². The number of hydrogen-bond acceptors (Lipinski definition) is 4. The highest BCUT2D eigenvalue weighted by atomic mass is 35.5. The summed E-state index contributed by atoms with van der Waals surface area (Å²) in [5, 5.41) is 7.71. The summed E-state index contributed by atoms with van der Waals surface area (Å²) < 4.78 is 6.28. The van der Waals surface area contributed by atoms with E-state index < -0.39 is 0 Å². The van der Waals surface area contributed by atoms with Gasteiger partial charge in [0.05, 0.1) is 25.0 Å². The Morgan fingerprint density at radius 1 is 1.45 bits per heavy atom. The van der Waals surface area contributed by atoms with Crippen molar-refractivity contribution in [3.63, 3.8) is 0 Å². The first kappa shape index (κ1) is 15.3. The topological polar surface area (TPSA) is 56.1 Å². The van der Waals surface area contributed by atoms with E-state index in [1.807, 2.05) is 0 Å². The van der Waals surface area contributed by atoms with Crippen molar-refractivity contribution in [1.29, 1.82) is 0 Å². The summed E-state index contributed by atoms with van der Waals surface area (Å²) in [6, 6.07) is 0.389. The van der Waals surface area contributed by atoms with Crippen LogP contribution in [0.5, 0.6) is 0 Å². The molecule has 6 heteroatoms. The quantitative estimate of drug-likeness (QED) is 0.908. The molecule has 0 saturated heterocycles. The van der Waals surface area contributed by atoms with E-state index in [0.29, 0.717) is 24.9 Å². The van der Waals surface area contributed by atoms with Gasteiger partial charge in [0, 0.05) is 13.2 Å². The number of rotatable bonds is 5. The molecule has 0 aliphatic heterocycles. The zero-order chi connectivity index (χ0) is 14.5. The molecule has 2 rings (SSSR count). The Kier molecular flexibility index (Phi) is 5.43. The Morgan fingerprint density at radius 2 is 2.15 bits per heavy atom. The maximum Gasteiger partial charge on any atom is 0.287 e. The molecule has 0 radical (unpaired) electrons. The number of nitrogens with one attached hydrogen (secondary N) is 1. The first-order chi connectivity index (χ1) is 9.61. The van der Waals surface area contributed by atoms with Crippen LogP contribution in [0.25, 0.3) is 0 Å². The molecule has 0 unspecified atom stereocenters. The highest BCUT2D eigenvalue weighted by molar-refractivity contribution is 6.32. The number of aromatic nitrogens is 2. The molecular weight excluding hydrogens is 278 g/mol. The molecule has 0 bridgehead atoms. The summed E-state index contributed by atoms with van der Waals surface area (Å²) in [5.74, 6) is 0.795. The molecule has 1 saturated carbocycles. The molecule has 1 aliphatic rings. The molecule has 5 nitrogen and oxygen atoms in total. The smallest absolute Gasteiger partial charge is 0.287 e. The van der Waals surface area contributed by atoms with E-state index >= 15 is 0 Å². The lowest BCUT2D eigenvalue weighted by atomic mass is 9.87. The van der Waals surface area contributed by atoms with Crippen molar-refractivity contribution in [2.24, 2.45) is 5.92 Å². The molecule has 1 N–H and O–H groups in total. The Hall–Kier alpha value is -1.07. The normalized spacial score (nSPS) is 22.8. The van der Waals surface area contributed by atoms with Crippen molar-refractivity contribution in [1.82, 2.24) is 9.78 Å². The van der Waals surface area contributed by atoms with Crippen LogP contribution in [0.1, 0.15) is 32.6 Å². The minimum absolute atomic E-state index is 0.217. The third kappa shape index (κ3) is 3.73. The van der Waals surface area contributed by atoms with Crippen LogP contribution < -0.4 is 10.9 Å². The third-order valence-corrected chi connectivity index (χ3v) is 4.23. The summed E-state index contributed by atoms with van der Waals surface area (Å²) in [4.78, 5) is 12.1. The Balaban J connectivity index is 2.05. The Bertz CT molecular complexity index is 496. The van der Waals surface area contributed by atoms with Crippen molar-refractivity contribution < 1.29 is 4.74 Å². The van der Waals surface area contributed by atoms with Crippen LogP contribution in [0.4, 0.5) is 5.69 Å². The molecule has 1 heterocycles. The highest BCUT2D eigenvalue weighted by Crippen LogP contribution is 2.27. The van der Waals surface area contributed by atoms with Gasteiger partial charge < -0.3 is 10.1 Å². The standard InChI is InChI=1S/C14H22ClN3O2/c1-10-3-5-11(6-4-10)17-12-9-16-18(7-8-20-2)14(19)13(12)15/h9-11,17H,3-8H2,1-2H3. The minimum atomic E-state index is -0.266. The Labute approximate surface area is 124 Å². The van der Waals surface area contributed by atoms with Crippen molar-refractivity contribution in [3.05, 3.63) is 21.6 Å². The molecule has 0 spiro atoms. The van der Waals surface area contributed by atoms with Crippen LogP contribution in [-0.2, 0) is 11.3 Å². The maximum absolute atomic E-state index is 12.1. The predicted molar refractivity (Wildman–Crippen MR) is 80.4 cm³/mol. The third-order valence-electron chi connectivity index (χ3n) is 3.87. The van der Waals surface area contributed by atoms with Gasteiger partial charge in [-0.1, -0.05) is 18.5 Å². The number of ether oxygens (including phenoxy) is 1. The molecule has 0 atom stereocenters. The molecule has 1 aromatic heterocycles. The van der Waals surface area contributed by atoms with Gasteiger partial charge in [0.1, 0.15) is 5.02 Å². The minimum Gasteiger partial charge on any atom is -0.383 e. The van der Waals surface area contributed by atoms with E-state index in [1.54, 1.807) is 13.3 Å². The Morgan fingerprint density at radius 3 is 2.80 bits per heavy atom. The number of anilines is 1. The monoisotopic (exact) mass is 299 g/mol. The average molecular weight is 300 g/mol. The summed E-state index contributed by atoms with van der Waals surface area (Å²) in [6.45, 7) is 3.13. The molecule has 0 amide bonds. The molecule has 1 aromatic rings. The maximum atomic E-state index is 12.1. The van der Waals surface area contributed by atoms with E-state index in [-0.39, 0.29) is 10.6 Å². The van der Waals surface area contributed by atoms with Crippen LogP contribution >= 0.6 is 11.6 Å². The molecule has 1 fully saturated rings. The fourth-order valence-corrected chi connectivity index (χ4v) is 2.73. The van der Waals surface area contributed by atoms with Crippen molar-refractivity contribution in [2.45, 2.75) is 45.2 Å². The first-order valence-corrected chi connectivity index (χ1v) is 7.50. The van der Waals surface area contributed by atoms with Gasteiger partial charge in [-0.2, -0.15) is 5.10 Å². The SMILES string of the molecule is COCCn1ncc(NC2CCC(C)CC2)c(Cl)c1=O. The largest absolute Gasteiger partial charge is 0.383 e. The number of methoxy groups -OCH3 is 1. The predicted octanol–water partition coefficient (Wildman–Crippen LogP) is 2.53. The van der Waals surface area contributed by atoms with E-state index in [2.05, 4.69) is 17.3 Å². The summed E-state index contributed by atoms with van der Waals surface area (Å²) in [5.41, 5.74) is 0.378. The van der Waals surface area contributed by atoms with Crippen molar-refractivity contribution in [3.8, 4) is 0 Å². The van der Waals surface area contributed by atoms with Crippen LogP contribution in [-0.4, -0.2) is 29.5 Å². The van der Waals surface area contributed by atoms with Gasteiger partial charge in [-0.25, -0.2) is 4.68 Å². The van der Waals surface area contributed by atoms with Crippen molar-refractivity contribution >= 4 is 17.3 Å². The second-order valence-corrected chi connectivity index (χ2v) is 5.87. The number of hydrogen-bond donors (Lipinski definition) is 1. The zero-order valence-corrected chi connectivity index (χ0v) is 12.8. The van der Waals surface area contributed by atoms with Crippen LogP contribution in [0.15, 0.2) is 11.0 Å². The molecule has 1 aliphatic carbocycles. The fraction of sp³-hybridized carbons (Fsp3) is 0.714. The van der Waals surface area contributed by atoms with E-state index in [1.165, 1.54) is 17.5 Å². The molecular formula is C14H22ClN3O2. The van der Waals surface area contributed by atoms with E-state index in [9.17, 15) is 4.79 Å². The number of nitrogens with zero attached hydrogens (tertiary/aromatic N) is 2. The highest BCUT2D eigenvalue weighted by Gasteiger charge is 2.19. The van der Waals surface area contributed by atoms with Gasteiger partial charge in [0.25, 0.3) is 5.56 Å².